The van der Waals surface area contributed by atoms with Crippen LogP contribution in [0.1, 0.15) is 46.0 Å². The van der Waals surface area contributed by atoms with Crippen LogP contribution in [0.2, 0.25) is 0 Å². The Balaban J connectivity index is 3.80. The maximum absolute atomic E-state index is 11.1. The number of carbonyl (C=O) groups is 1. The van der Waals surface area contributed by atoms with E-state index in [4.69, 9.17) is 5.11 Å². The van der Waals surface area contributed by atoms with Gasteiger partial charge in [-0.05, 0) is 19.3 Å². The van der Waals surface area contributed by atoms with E-state index >= 15 is 0 Å². The number of Topliss-reactive ketones (excluding diaryl/α,β-unsaturated/α-hetero) is 1. The summed E-state index contributed by atoms with van der Waals surface area (Å²) in [4.78, 5) is 15.5. The highest BCUT2D eigenvalue weighted by Crippen LogP contribution is 1.99. The van der Waals surface area contributed by atoms with Gasteiger partial charge in [-0.15, -0.1) is 0 Å². The second-order valence-electron chi connectivity index (χ2n) is 3.30. The molecule has 0 heterocycles. The SMILES string of the molecule is CCC(=O)CC(CC)=NCCCCO. The molecule has 82 valence electrons. The van der Waals surface area contributed by atoms with Gasteiger partial charge < -0.3 is 5.11 Å². The first-order chi connectivity index (χ1) is 6.74. The summed E-state index contributed by atoms with van der Waals surface area (Å²) in [5.74, 6) is 0.257. The number of aliphatic hydroxyl groups excluding tert-OH is 1. The standard InChI is InChI=1S/C11H21NO2/c1-3-10(9-11(14)4-2)12-7-5-6-8-13/h13H,3-9H2,1-2H3. The molecular weight excluding hydrogens is 178 g/mol. The Morgan fingerprint density at radius 3 is 2.43 bits per heavy atom. The van der Waals surface area contributed by atoms with Gasteiger partial charge in [-0.25, -0.2) is 0 Å². The van der Waals surface area contributed by atoms with Gasteiger partial charge in [0.1, 0.15) is 5.78 Å². The first kappa shape index (κ1) is 13.3. The normalized spacial score (nSPS) is 11.8. The van der Waals surface area contributed by atoms with Gasteiger partial charge in [-0.3, -0.25) is 9.79 Å². The summed E-state index contributed by atoms with van der Waals surface area (Å²) in [6, 6.07) is 0. The molecule has 0 unspecified atom stereocenters. The van der Waals surface area contributed by atoms with Crippen molar-refractivity contribution in [2.45, 2.75) is 46.0 Å². The molecule has 0 aromatic rings. The number of aliphatic imine (C=N–C) groups is 1. The second kappa shape index (κ2) is 8.88. The van der Waals surface area contributed by atoms with Crippen LogP contribution in [-0.4, -0.2) is 29.8 Å². The lowest BCUT2D eigenvalue weighted by atomic mass is 10.1. The van der Waals surface area contributed by atoms with E-state index < -0.39 is 0 Å². The van der Waals surface area contributed by atoms with Crippen molar-refractivity contribution in [2.75, 3.05) is 13.2 Å². The maximum Gasteiger partial charge on any atom is 0.138 e. The van der Waals surface area contributed by atoms with Crippen LogP contribution in [0.15, 0.2) is 4.99 Å². The van der Waals surface area contributed by atoms with Crippen molar-refractivity contribution in [1.29, 1.82) is 0 Å². The summed E-state index contributed by atoms with van der Waals surface area (Å²) >= 11 is 0. The number of rotatable bonds is 8. The Morgan fingerprint density at radius 2 is 1.93 bits per heavy atom. The molecule has 0 atom stereocenters. The fraction of sp³-hybridized carbons (Fsp3) is 0.818. The van der Waals surface area contributed by atoms with Crippen molar-refractivity contribution in [1.82, 2.24) is 0 Å². The molecule has 14 heavy (non-hydrogen) atoms. The Hall–Kier alpha value is -0.700. The Bertz CT molecular complexity index is 188. The Labute approximate surface area is 86.2 Å². The average Bonchev–Trinajstić information content (AvgIpc) is 2.22. The summed E-state index contributed by atoms with van der Waals surface area (Å²) in [5, 5.41) is 8.57. The number of hydrogen-bond acceptors (Lipinski definition) is 3. The van der Waals surface area contributed by atoms with Gasteiger partial charge in [-0.2, -0.15) is 0 Å². The van der Waals surface area contributed by atoms with Gasteiger partial charge in [0.25, 0.3) is 0 Å². The molecule has 0 aromatic heterocycles. The molecule has 0 aromatic carbocycles. The third-order valence-electron chi connectivity index (χ3n) is 2.11. The fourth-order valence-electron chi connectivity index (χ4n) is 1.11. The molecule has 0 saturated carbocycles. The molecule has 0 fully saturated rings. The number of carbonyl (C=O) groups excluding carboxylic acids is 1. The highest BCUT2D eigenvalue weighted by molar-refractivity contribution is 6.01. The molecule has 0 aliphatic carbocycles. The van der Waals surface area contributed by atoms with Crippen LogP contribution in [0, 0.1) is 0 Å². The zero-order chi connectivity index (χ0) is 10.8. The van der Waals surface area contributed by atoms with Gasteiger partial charge in [0.05, 0.1) is 0 Å². The van der Waals surface area contributed by atoms with Gasteiger partial charge in [0.15, 0.2) is 0 Å². The van der Waals surface area contributed by atoms with Crippen molar-refractivity contribution >= 4 is 11.5 Å². The molecular formula is C11H21NO2. The molecule has 0 aliphatic rings. The predicted octanol–water partition coefficient (Wildman–Crippen LogP) is 1.98. The number of unbranched alkanes of at least 4 members (excludes halogenated alkanes) is 1. The lowest BCUT2D eigenvalue weighted by Crippen LogP contribution is -2.06. The number of hydrogen-bond donors (Lipinski definition) is 1. The van der Waals surface area contributed by atoms with Crippen LogP contribution in [0.3, 0.4) is 0 Å². The molecule has 0 amide bonds. The van der Waals surface area contributed by atoms with Crippen molar-refractivity contribution in [3.05, 3.63) is 0 Å². The Morgan fingerprint density at radius 1 is 1.21 bits per heavy atom. The molecule has 0 rings (SSSR count). The van der Waals surface area contributed by atoms with Crippen molar-refractivity contribution in [3.8, 4) is 0 Å². The highest BCUT2D eigenvalue weighted by atomic mass is 16.2. The predicted molar refractivity (Wildman–Crippen MR) is 58.8 cm³/mol. The zero-order valence-corrected chi connectivity index (χ0v) is 9.25. The quantitative estimate of drug-likeness (QED) is 0.480. The minimum absolute atomic E-state index is 0.227. The van der Waals surface area contributed by atoms with Crippen molar-refractivity contribution < 1.29 is 9.90 Å². The molecule has 0 spiro atoms. The molecule has 0 radical (unpaired) electrons. The van der Waals surface area contributed by atoms with E-state index in [9.17, 15) is 4.79 Å². The third kappa shape index (κ3) is 6.78. The van der Waals surface area contributed by atoms with E-state index in [0.717, 1.165) is 31.5 Å². The van der Waals surface area contributed by atoms with Crippen LogP contribution < -0.4 is 0 Å². The monoisotopic (exact) mass is 199 g/mol. The molecule has 0 bridgehead atoms. The van der Waals surface area contributed by atoms with Gasteiger partial charge in [-0.1, -0.05) is 13.8 Å². The smallest absolute Gasteiger partial charge is 0.138 e. The lowest BCUT2D eigenvalue weighted by Gasteiger charge is -2.02. The first-order valence-corrected chi connectivity index (χ1v) is 5.39. The summed E-state index contributed by atoms with van der Waals surface area (Å²) in [6.07, 6.45) is 3.65. The van der Waals surface area contributed by atoms with Gasteiger partial charge in [0.2, 0.25) is 0 Å². The second-order valence-corrected chi connectivity index (χ2v) is 3.30. The van der Waals surface area contributed by atoms with E-state index in [2.05, 4.69) is 4.99 Å². The number of nitrogens with zero attached hydrogens (tertiary/aromatic N) is 1. The fourth-order valence-corrected chi connectivity index (χ4v) is 1.11. The van der Waals surface area contributed by atoms with Crippen LogP contribution in [0.25, 0.3) is 0 Å². The van der Waals surface area contributed by atoms with Gasteiger partial charge in [0, 0.05) is 31.7 Å². The topological polar surface area (TPSA) is 49.7 Å². The minimum atomic E-state index is 0.227. The third-order valence-corrected chi connectivity index (χ3v) is 2.11. The maximum atomic E-state index is 11.1. The molecule has 0 aliphatic heterocycles. The van der Waals surface area contributed by atoms with Crippen LogP contribution in [0.4, 0.5) is 0 Å². The lowest BCUT2D eigenvalue weighted by molar-refractivity contribution is -0.117. The molecule has 3 heteroatoms. The van der Waals surface area contributed by atoms with Crippen LogP contribution >= 0.6 is 0 Å². The largest absolute Gasteiger partial charge is 0.396 e. The van der Waals surface area contributed by atoms with E-state index in [-0.39, 0.29) is 12.4 Å². The van der Waals surface area contributed by atoms with Crippen LogP contribution in [0.5, 0.6) is 0 Å². The number of aliphatic hydroxyl groups is 1. The minimum Gasteiger partial charge on any atom is -0.396 e. The summed E-state index contributed by atoms with van der Waals surface area (Å²) in [6.45, 7) is 4.86. The highest BCUT2D eigenvalue weighted by Gasteiger charge is 2.02. The Kier molecular flexibility index (Phi) is 8.43. The van der Waals surface area contributed by atoms with Crippen molar-refractivity contribution in [3.63, 3.8) is 0 Å². The van der Waals surface area contributed by atoms with E-state index in [1.807, 2.05) is 13.8 Å². The molecule has 1 N–H and O–H groups in total. The van der Waals surface area contributed by atoms with Gasteiger partial charge >= 0.3 is 0 Å². The summed E-state index contributed by atoms with van der Waals surface area (Å²) in [5.41, 5.74) is 0.995. The first-order valence-electron chi connectivity index (χ1n) is 5.39. The molecule has 0 saturated heterocycles. The zero-order valence-electron chi connectivity index (χ0n) is 9.25. The number of ketones is 1. The van der Waals surface area contributed by atoms with E-state index in [1.165, 1.54) is 0 Å². The van der Waals surface area contributed by atoms with Crippen molar-refractivity contribution in [2.24, 2.45) is 4.99 Å². The summed E-state index contributed by atoms with van der Waals surface area (Å²) < 4.78 is 0. The summed E-state index contributed by atoms with van der Waals surface area (Å²) in [7, 11) is 0. The van der Waals surface area contributed by atoms with E-state index in [0.29, 0.717) is 12.8 Å². The van der Waals surface area contributed by atoms with Crippen LogP contribution in [-0.2, 0) is 4.79 Å². The average molecular weight is 199 g/mol. The molecule has 3 nitrogen and oxygen atoms in total. The van der Waals surface area contributed by atoms with E-state index in [1.54, 1.807) is 0 Å².